The van der Waals surface area contributed by atoms with Crippen LogP contribution in [0.4, 0.5) is 0 Å². The van der Waals surface area contributed by atoms with E-state index in [0.717, 1.165) is 5.56 Å². The van der Waals surface area contributed by atoms with Gasteiger partial charge in [-0.25, -0.2) is 5.43 Å². The third-order valence-corrected chi connectivity index (χ3v) is 5.15. The SMILES string of the molecule is COc1cccc(/C=N/NC(=O)CSc2nnc(-c3cccc(Cl)c3)n2C)c1O. The number of amides is 1. The van der Waals surface area contributed by atoms with E-state index < -0.39 is 0 Å². The Morgan fingerprint density at radius 2 is 2.14 bits per heavy atom. The van der Waals surface area contributed by atoms with E-state index in [2.05, 4.69) is 20.7 Å². The maximum absolute atomic E-state index is 12.0. The first-order valence-corrected chi connectivity index (χ1v) is 9.82. The van der Waals surface area contributed by atoms with Crippen LogP contribution in [-0.4, -0.2) is 44.9 Å². The maximum Gasteiger partial charge on any atom is 0.250 e. The van der Waals surface area contributed by atoms with E-state index in [9.17, 15) is 9.90 Å². The second kappa shape index (κ2) is 9.44. The van der Waals surface area contributed by atoms with Gasteiger partial charge in [-0.1, -0.05) is 41.6 Å². The smallest absolute Gasteiger partial charge is 0.250 e. The van der Waals surface area contributed by atoms with Crippen molar-refractivity contribution >= 4 is 35.5 Å². The lowest BCUT2D eigenvalue weighted by molar-refractivity contribution is -0.118. The van der Waals surface area contributed by atoms with Crippen LogP contribution in [0.25, 0.3) is 11.4 Å². The van der Waals surface area contributed by atoms with Crippen molar-refractivity contribution in [1.82, 2.24) is 20.2 Å². The Bertz CT molecular complexity index is 1050. The van der Waals surface area contributed by atoms with E-state index in [-0.39, 0.29) is 17.4 Å². The largest absolute Gasteiger partial charge is 0.504 e. The van der Waals surface area contributed by atoms with Crippen molar-refractivity contribution in [3.05, 3.63) is 53.1 Å². The molecule has 0 saturated carbocycles. The number of halogens is 1. The number of phenolic OH excluding ortho intramolecular Hbond substituents is 1. The second-order valence-corrected chi connectivity index (χ2v) is 7.23. The number of rotatable bonds is 7. The van der Waals surface area contributed by atoms with Gasteiger partial charge >= 0.3 is 0 Å². The number of phenols is 1. The Hall–Kier alpha value is -3.04. The molecule has 0 bridgehead atoms. The van der Waals surface area contributed by atoms with Gasteiger partial charge in [0.15, 0.2) is 22.5 Å². The number of thioether (sulfide) groups is 1. The van der Waals surface area contributed by atoms with Gasteiger partial charge < -0.3 is 14.4 Å². The molecule has 0 radical (unpaired) electrons. The number of carbonyl (C=O) groups excluding carboxylic acids is 1. The zero-order chi connectivity index (χ0) is 20.8. The van der Waals surface area contributed by atoms with Crippen molar-refractivity contribution in [3.63, 3.8) is 0 Å². The quantitative estimate of drug-likeness (QED) is 0.338. The summed E-state index contributed by atoms with van der Waals surface area (Å²) in [6.07, 6.45) is 1.35. The number of carbonyl (C=O) groups is 1. The number of aromatic hydroxyl groups is 1. The molecule has 0 saturated heterocycles. The van der Waals surface area contributed by atoms with Crippen LogP contribution in [0.15, 0.2) is 52.7 Å². The molecule has 0 unspecified atom stereocenters. The number of ether oxygens (including phenoxy) is 1. The van der Waals surface area contributed by atoms with Gasteiger partial charge in [0.1, 0.15) is 0 Å². The number of benzene rings is 2. The molecule has 3 aromatic rings. The van der Waals surface area contributed by atoms with Gasteiger partial charge in [-0.2, -0.15) is 5.10 Å². The molecule has 1 aromatic heterocycles. The summed E-state index contributed by atoms with van der Waals surface area (Å²) < 4.78 is 6.82. The molecule has 3 rings (SSSR count). The Morgan fingerprint density at radius 1 is 1.34 bits per heavy atom. The van der Waals surface area contributed by atoms with Gasteiger partial charge in [-0.05, 0) is 24.3 Å². The lowest BCUT2D eigenvalue weighted by atomic mass is 10.2. The van der Waals surface area contributed by atoms with E-state index in [0.29, 0.717) is 27.3 Å². The summed E-state index contributed by atoms with van der Waals surface area (Å²) in [5.41, 5.74) is 3.68. The van der Waals surface area contributed by atoms with E-state index in [4.69, 9.17) is 16.3 Å². The summed E-state index contributed by atoms with van der Waals surface area (Å²) in [6, 6.07) is 12.3. The second-order valence-electron chi connectivity index (χ2n) is 5.86. The summed E-state index contributed by atoms with van der Waals surface area (Å²) in [6.45, 7) is 0. The molecule has 150 valence electrons. The molecular weight excluding hydrogens is 414 g/mol. The first-order chi connectivity index (χ1) is 14.0. The number of nitrogens with zero attached hydrogens (tertiary/aromatic N) is 4. The normalized spacial score (nSPS) is 11.0. The predicted octanol–water partition coefficient (Wildman–Crippen LogP) is 3.09. The molecule has 0 atom stereocenters. The van der Waals surface area contributed by atoms with Gasteiger partial charge in [0, 0.05) is 23.2 Å². The number of para-hydroxylation sites is 1. The van der Waals surface area contributed by atoms with Crippen LogP contribution >= 0.6 is 23.4 Å². The molecule has 0 aliphatic carbocycles. The highest BCUT2D eigenvalue weighted by Crippen LogP contribution is 2.28. The van der Waals surface area contributed by atoms with Gasteiger partial charge in [-0.15, -0.1) is 10.2 Å². The van der Waals surface area contributed by atoms with Crippen LogP contribution in [0, 0.1) is 0 Å². The summed E-state index contributed by atoms with van der Waals surface area (Å²) in [5, 5.41) is 23.3. The van der Waals surface area contributed by atoms with Crippen LogP contribution in [0.1, 0.15) is 5.56 Å². The molecule has 10 heteroatoms. The Kier molecular flexibility index (Phi) is 6.73. The third-order valence-electron chi connectivity index (χ3n) is 3.89. The zero-order valence-corrected chi connectivity index (χ0v) is 17.2. The highest BCUT2D eigenvalue weighted by molar-refractivity contribution is 7.99. The molecule has 2 aromatic carbocycles. The molecule has 0 fully saturated rings. The maximum atomic E-state index is 12.0. The lowest BCUT2D eigenvalue weighted by Crippen LogP contribution is -2.19. The van der Waals surface area contributed by atoms with Crippen LogP contribution in [-0.2, 0) is 11.8 Å². The standard InChI is InChI=1S/C19H18ClN5O3S/c1-25-18(12-5-3-7-14(20)9-12)23-24-19(25)29-11-16(26)22-21-10-13-6-4-8-15(28-2)17(13)27/h3-10,27H,11H2,1-2H3,(H,22,26)/b21-10+. The predicted molar refractivity (Wildman–Crippen MR) is 113 cm³/mol. The topological polar surface area (TPSA) is 102 Å². The molecule has 1 amide bonds. The number of hydrogen-bond donors (Lipinski definition) is 2. The fourth-order valence-corrected chi connectivity index (χ4v) is 3.36. The van der Waals surface area contributed by atoms with Crippen molar-refractivity contribution < 1.29 is 14.6 Å². The molecule has 8 nitrogen and oxygen atoms in total. The fourth-order valence-electron chi connectivity index (χ4n) is 2.46. The van der Waals surface area contributed by atoms with Crippen LogP contribution in [0.3, 0.4) is 0 Å². The van der Waals surface area contributed by atoms with Crippen LogP contribution in [0.2, 0.25) is 5.02 Å². The Labute approximate surface area is 176 Å². The zero-order valence-electron chi connectivity index (χ0n) is 15.7. The summed E-state index contributed by atoms with van der Waals surface area (Å²) >= 11 is 7.26. The Balaban J connectivity index is 1.58. The molecule has 0 aliphatic heterocycles. The van der Waals surface area contributed by atoms with E-state index >= 15 is 0 Å². The summed E-state index contributed by atoms with van der Waals surface area (Å²) in [5.74, 6) is 0.717. The first-order valence-electron chi connectivity index (χ1n) is 8.45. The summed E-state index contributed by atoms with van der Waals surface area (Å²) in [7, 11) is 3.28. The monoisotopic (exact) mass is 431 g/mol. The van der Waals surface area contributed by atoms with Gasteiger partial charge in [0.05, 0.1) is 19.1 Å². The van der Waals surface area contributed by atoms with Crippen molar-refractivity contribution in [2.45, 2.75) is 5.16 Å². The number of methoxy groups -OCH3 is 1. The molecule has 0 aliphatic rings. The molecule has 1 heterocycles. The fraction of sp³-hybridized carbons (Fsp3) is 0.158. The average molecular weight is 432 g/mol. The molecule has 0 spiro atoms. The number of nitrogens with one attached hydrogen (secondary N) is 1. The van der Waals surface area contributed by atoms with Crippen molar-refractivity contribution in [2.24, 2.45) is 12.1 Å². The van der Waals surface area contributed by atoms with E-state index in [1.807, 2.05) is 19.2 Å². The van der Waals surface area contributed by atoms with Crippen molar-refractivity contribution in [1.29, 1.82) is 0 Å². The Morgan fingerprint density at radius 3 is 2.90 bits per heavy atom. The minimum Gasteiger partial charge on any atom is -0.504 e. The van der Waals surface area contributed by atoms with E-state index in [1.165, 1.54) is 25.1 Å². The van der Waals surface area contributed by atoms with Crippen LogP contribution < -0.4 is 10.2 Å². The molecule has 2 N–H and O–H groups in total. The van der Waals surface area contributed by atoms with E-state index in [1.54, 1.807) is 34.9 Å². The highest BCUT2D eigenvalue weighted by Gasteiger charge is 2.13. The highest BCUT2D eigenvalue weighted by atomic mass is 35.5. The summed E-state index contributed by atoms with van der Waals surface area (Å²) in [4.78, 5) is 12.0. The average Bonchev–Trinajstić information content (AvgIpc) is 3.08. The number of aromatic nitrogens is 3. The minimum atomic E-state index is -0.319. The lowest BCUT2D eigenvalue weighted by Gasteiger charge is -2.05. The number of hydrogen-bond acceptors (Lipinski definition) is 7. The third kappa shape index (κ3) is 5.07. The van der Waals surface area contributed by atoms with Gasteiger partial charge in [-0.3, -0.25) is 4.79 Å². The van der Waals surface area contributed by atoms with Crippen molar-refractivity contribution in [2.75, 3.05) is 12.9 Å². The minimum absolute atomic E-state index is 0.0463. The van der Waals surface area contributed by atoms with Gasteiger partial charge in [0.2, 0.25) is 0 Å². The van der Waals surface area contributed by atoms with Crippen molar-refractivity contribution in [3.8, 4) is 22.9 Å². The number of hydrazone groups is 1. The van der Waals surface area contributed by atoms with Crippen LogP contribution in [0.5, 0.6) is 11.5 Å². The molecule has 29 heavy (non-hydrogen) atoms. The molecular formula is C19H18ClN5O3S. The first kappa shape index (κ1) is 20.7. The van der Waals surface area contributed by atoms with Gasteiger partial charge in [0.25, 0.3) is 5.91 Å².